The van der Waals surface area contributed by atoms with Crippen LogP contribution in [0.2, 0.25) is 0 Å². The van der Waals surface area contributed by atoms with E-state index < -0.39 is 11.7 Å². The quantitative estimate of drug-likeness (QED) is 0.650. The highest BCUT2D eigenvalue weighted by Crippen LogP contribution is 2.30. The van der Waals surface area contributed by atoms with Gasteiger partial charge in [0.05, 0.1) is 16.8 Å². The summed E-state index contributed by atoms with van der Waals surface area (Å²) in [6.07, 6.45) is -2.67. The summed E-state index contributed by atoms with van der Waals surface area (Å²) in [5.74, 6) is 0. The Morgan fingerprint density at radius 3 is 2.74 bits per heavy atom. The van der Waals surface area contributed by atoms with Crippen molar-refractivity contribution in [1.29, 1.82) is 0 Å². The van der Waals surface area contributed by atoms with E-state index in [1.807, 2.05) is 0 Å². The molecule has 0 amide bonds. The van der Waals surface area contributed by atoms with Gasteiger partial charge in [-0.15, -0.1) is 0 Å². The van der Waals surface area contributed by atoms with Crippen LogP contribution in [0.4, 0.5) is 13.2 Å². The highest BCUT2D eigenvalue weighted by atomic mass is 19.4. The zero-order valence-corrected chi connectivity index (χ0v) is 9.65. The second-order valence-electron chi connectivity index (χ2n) is 4.11. The molecule has 5 heteroatoms. The van der Waals surface area contributed by atoms with Crippen molar-refractivity contribution in [2.75, 3.05) is 0 Å². The number of aromatic nitrogens is 2. The van der Waals surface area contributed by atoms with Crippen molar-refractivity contribution in [3.05, 3.63) is 60.3 Å². The standard InChI is InChI=1S/C14H8F3N2/c15-14(16,17)11-5-3-6-12(8-11)19-9-10-4-1-2-7-13(10)18-19/h2-9H. The molecule has 0 atom stereocenters. The van der Waals surface area contributed by atoms with Crippen molar-refractivity contribution >= 4 is 10.9 Å². The van der Waals surface area contributed by atoms with Gasteiger partial charge in [-0.1, -0.05) is 12.1 Å². The fraction of sp³-hybridized carbons (Fsp3) is 0.0714. The maximum atomic E-state index is 12.7. The molecule has 0 fully saturated rings. The third-order valence-corrected chi connectivity index (χ3v) is 2.79. The molecule has 0 unspecified atom stereocenters. The van der Waals surface area contributed by atoms with E-state index in [1.165, 1.54) is 10.7 Å². The normalized spacial score (nSPS) is 11.9. The summed E-state index contributed by atoms with van der Waals surface area (Å²) in [5.41, 5.74) is 0.415. The molecule has 0 saturated carbocycles. The van der Waals surface area contributed by atoms with Crippen molar-refractivity contribution in [2.45, 2.75) is 6.18 Å². The Morgan fingerprint density at radius 1 is 1.16 bits per heavy atom. The van der Waals surface area contributed by atoms with Gasteiger partial charge in [-0.05, 0) is 36.4 Å². The van der Waals surface area contributed by atoms with Gasteiger partial charge in [0.25, 0.3) is 0 Å². The number of fused-ring (bicyclic) bond motifs is 1. The van der Waals surface area contributed by atoms with Crippen molar-refractivity contribution in [2.24, 2.45) is 0 Å². The van der Waals surface area contributed by atoms with Crippen LogP contribution in [0.3, 0.4) is 0 Å². The smallest absolute Gasteiger partial charge is 0.240 e. The van der Waals surface area contributed by atoms with Gasteiger partial charge in [0.2, 0.25) is 0 Å². The van der Waals surface area contributed by atoms with E-state index in [0.29, 0.717) is 5.69 Å². The average Bonchev–Trinajstić information content (AvgIpc) is 2.81. The van der Waals surface area contributed by atoms with Crippen molar-refractivity contribution < 1.29 is 13.2 Å². The SMILES string of the molecule is FC(F)(F)c1cccc(-n2cc3c[c]ccc3n2)c1. The lowest BCUT2D eigenvalue weighted by molar-refractivity contribution is -0.137. The summed E-state index contributed by atoms with van der Waals surface area (Å²) < 4.78 is 39.4. The first-order valence-electron chi connectivity index (χ1n) is 5.57. The third-order valence-electron chi connectivity index (χ3n) is 2.79. The van der Waals surface area contributed by atoms with Crippen molar-refractivity contribution in [1.82, 2.24) is 9.78 Å². The fourth-order valence-electron chi connectivity index (χ4n) is 1.86. The second kappa shape index (κ2) is 4.12. The van der Waals surface area contributed by atoms with Gasteiger partial charge in [0.1, 0.15) is 0 Å². The van der Waals surface area contributed by atoms with E-state index in [2.05, 4.69) is 11.2 Å². The van der Waals surface area contributed by atoms with E-state index in [4.69, 9.17) is 0 Å². The first kappa shape index (κ1) is 11.8. The lowest BCUT2D eigenvalue weighted by atomic mass is 10.2. The minimum absolute atomic E-state index is 0.381. The Balaban J connectivity index is 2.11. The monoisotopic (exact) mass is 261 g/mol. The van der Waals surface area contributed by atoms with Gasteiger partial charge in [-0.25, -0.2) is 4.68 Å². The molecular formula is C14H8F3N2. The van der Waals surface area contributed by atoms with Crippen LogP contribution in [0.5, 0.6) is 0 Å². The summed E-state index contributed by atoms with van der Waals surface area (Å²) >= 11 is 0. The van der Waals surface area contributed by atoms with E-state index in [-0.39, 0.29) is 0 Å². The van der Waals surface area contributed by atoms with Crippen LogP contribution < -0.4 is 0 Å². The van der Waals surface area contributed by atoms with E-state index >= 15 is 0 Å². The summed E-state index contributed by atoms with van der Waals surface area (Å²) in [6.45, 7) is 0. The van der Waals surface area contributed by atoms with Gasteiger partial charge >= 0.3 is 6.18 Å². The summed E-state index contributed by atoms with van der Waals surface area (Å²) in [4.78, 5) is 0. The number of nitrogens with zero attached hydrogens (tertiary/aromatic N) is 2. The van der Waals surface area contributed by atoms with Gasteiger partial charge in [-0.3, -0.25) is 0 Å². The van der Waals surface area contributed by atoms with Crippen LogP contribution in [0.1, 0.15) is 5.56 Å². The molecule has 0 aliphatic carbocycles. The van der Waals surface area contributed by atoms with Crippen LogP contribution >= 0.6 is 0 Å². The largest absolute Gasteiger partial charge is 0.416 e. The highest BCUT2D eigenvalue weighted by molar-refractivity contribution is 5.78. The molecule has 0 N–H and O–H groups in total. The molecule has 0 saturated heterocycles. The Bertz CT molecular complexity index is 696. The number of hydrogen-bond donors (Lipinski definition) is 0. The lowest BCUT2D eigenvalue weighted by Gasteiger charge is -2.08. The molecule has 1 heterocycles. The molecule has 2 nitrogen and oxygen atoms in total. The number of halogens is 3. The molecule has 2 aromatic carbocycles. The van der Waals surface area contributed by atoms with Gasteiger partial charge in [0.15, 0.2) is 0 Å². The number of hydrogen-bond acceptors (Lipinski definition) is 1. The average molecular weight is 261 g/mol. The maximum absolute atomic E-state index is 12.7. The maximum Gasteiger partial charge on any atom is 0.416 e. The zero-order chi connectivity index (χ0) is 13.5. The van der Waals surface area contributed by atoms with Crippen LogP contribution in [0.15, 0.2) is 48.7 Å². The molecule has 0 bridgehead atoms. The first-order chi connectivity index (χ1) is 9.04. The van der Waals surface area contributed by atoms with Crippen LogP contribution in [0, 0.1) is 6.07 Å². The molecule has 3 aromatic rings. The predicted molar refractivity (Wildman–Crippen MR) is 64.9 cm³/mol. The lowest BCUT2D eigenvalue weighted by Crippen LogP contribution is -2.06. The third kappa shape index (κ3) is 2.19. The highest BCUT2D eigenvalue weighted by Gasteiger charge is 2.30. The van der Waals surface area contributed by atoms with Crippen LogP contribution in [0.25, 0.3) is 16.6 Å². The number of alkyl halides is 3. The summed E-state index contributed by atoms with van der Waals surface area (Å²) in [6, 6.07) is 13.2. The second-order valence-corrected chi connectivity index (χ2v) is 4.11. The minimum Gasteiger partial charge on any atom is -0.240 e. The summed E-state index contributed by atoms with van der Waals surface area (Å²) in [7, 11) is 0. The molecule has 3 rings (SSSR count). The van der Waals surface area contributed by atoms with Gasteiger partial charge in [0, 0.05) is 11.6 Å². The van der Waals surface area contributed by atoms with Crippen molar-refractivity contribution in [3.8, 4) is 5.69 Å². The number of rotatable bonds is 1. The fourth-order valence-corrected chi connectivity index (χ4v) is 1.86. The molecule has 1 aromatic heterocycles. The predicted octanol–water partition coefficient (Wildman–Crippen LogP) is 3.84. The van der Waals surface area contributed by atoms with Gasteiger partial charge < -0.3 is 0 Å². The van der Waals surface area contributed by atoms with E-state index in [0.717, 1.165) is 23.0 Å². The molecule has 1 radical (unpaired) electrons. The van der Waals surface area contributed by atoms with E-state index in [9.17, 15) is 13.2 Å². The van der Waals surface area contributed by atoms with E-state index in [1.54, 1.807) is 30.5 Å². The molecule has 0 aliphatic rings. The molecule has 95 valence electrons. The zero-order valence-electron chi connectivity index (χ0n) is 9.65. The first-order valence-corrected chi connectivity index (χ1v) is 5.57. The topological polar surface area (TPSA) is 17.8 Å². The van der Waals surface area contributed by atoms with Crippen molar-refractivity contribution in [3.63, 3.8) is 0 Å². The Morgan fingerprint density at radius 2 is 2.00 bits per heavy atom. The van der Waals surface area contributed by atoms with Crippen LogP contribution in [-0.4, -0.2) is 9.78 Å². The Kier molecular flexibility index (Phi) is 2.55. The van der Waals surface area contributed by atoms with Crippen LogP contribution in [-0.2, 0) is 6.18 Å². The number of benzene rings is 2. The minimum atomic E-state index is -4.35. The molecular weight excluding hydrogens is 253 g/mol. The molecule has 19 heavy (non-hydrogen) atoms. The Hall–Kier alpha value is -2.30. The molecule has 0 aliphatic heterocycles. The summed E-state index contributed by atoms with van der Waals surface area (Å²) in [5, 5.41) is 5.07. The Labute approximate surface area is 107 Å². The van der Waals surface area contributed by atoms with Gasteiger partial charge in [-0.2, -0.15) is 18.3 Å². The molecule has 0 spiro atoms.